The molecule has 2 rings (SSSR count). The molecule has 0 saturated carbocycles. The molecule has 0 aliphatic rings. The van der Waals surface area contributed by atoms with Crippen LogP contribution < -0.4 is 5.48 Å². The molecule has 66 valence electrons. The summed E-state index contributed by atoms with van der Waals surface area (Å²) >= 11 is 0. The first-order chi connectivity index (χ1) is 6.36. The predicted octanol–water partition coefficient (Wildman–Crippen LogP) is 2.63. The standard InChI is InChI=1S/C8H6N2O3/c11-9-7-5-3-1-2-4-6(5)13-8(7)10-12/h1-4,9,11H. The Morgan fingerprint density at radius 3 is 2.85 bits per heavy atom. The summed E-state index contributed by atoms with van der Waals surface area (Å²) in [5.41, 5.74) is 2.59. The highest BCUT2D eigenvalue weighted by Gasteiger charge is 2.12. The van der Waals surface area contributed by atoms with Gasteiger partial charge in [-0.3, -0.25) is 10.7 Å². The minimum Gasteiger partial charge on any atom is -0.434 e. The summed E-state index contributed by atoms with van der Waals surface area (Å²) in [6, 6.07) is 6.94. The molecule has 0 spiro atoms. The van der Waals surface area contributed by atoms with Crippen molar-refractivity contribution in [3.05, 3.63) is 29.2 Å². The van der Waals surface area contributed by atoms with Crippen LogP contribution in [0.5, 0.6) is 0 Å². The van der Waals surface area contributed by atoms with Gasteiger partial charge in [0.2, 0.25) is 0 Å². The zero-order valence-corrected chi connectivity index (χ0v) is 6.52. The van der Waals surface area contributed by atoms with E-state index in [4.69, 9.17) is 9.62 Å². The van der Waals surface area contributed by atoms with Gasteiger partial charge in [0.15, 0.2) is 0 Å². The minimum absolute atomic E-state index is 0.149. The third-order valence-corrected chi connectivity index (χ3v) is 1.77. The smallest absolute Gasteiger partial charge is 0.287 e. The number of benzene rings is 1. The molecule has 5 nitrogen and oxygen atoms in total. The Morgan fingerprint density at radius 2 is 2.15 bits per heavy atom. The maximum atomic E-state index is 10.3. The molecule has 1 aromatic carbocycles. The Kier molecular flexibility index (Phi) is 1.71. The van der Waals surface area contributed by atoms with E-state index in [0.29, 0.717) is 11.0 Å². The van der Waals surface area contributed by atoms with E-state index in [1.165, 1.54) is 0 Å². The Labute approximate surface area is 72.9 Å². The van der Waals surface area contributed by atoms with Crippen molar-refractivity contribution in [1.82, 2.24) is 0 Å². The van der Waals surface area contributed by atoms with Crippen LogP contribution in [0.2, 0.25) is 0 Å². The van der Waals surface area contributed by atoms with Gasteiger partial charge in [-0.1, -0.05) is 12.1 Å². The summed E-state index contributed by atoms with van der Waals surface area (Å²) in [4.78, 5) is 10.3. The van der Waals surface area contributed by atoms with Crippen molar-refractivity contribution in [2.24, 2.45) is 5.18 Å². The molecule has 0 fully saturated rings. The van der Waals surface area contributed by atoms with Crippen molar-refractivity contribution in [2.75, 3.05) is 5.48 Å². The van der Waals surface area contributed by atoms with E-state index >= 15 is 0 Å². The molecule has 0 radical (unpaired) electrons. The Balaban J connectivity index is 2.81. The summed E-state index contributed by atoms with van der Waals surface area (Å²) in [5, 5.41) is 12.0. The lowest BCUT2D eigenvalue weighted by Crippen LogP contribution is -1.86. The van der Waals surface area contributed by atoms with Crippen LogP contribution in [0.15, 0.2) is 33.9 Å². The number of hydrogen-bond donors (Lipinski definition) is 2. The van der Waals surface area contributed by atoms with Gasteiger partial charge in [0, 0.05) is 10.6 Å². The van der Waals surface area contributed by atoms with E-state index in [1.807, 2.05) is 5.48 Å². The van der Waals surface area contributed by atoms with E-state index in [-0.39, 0.29) is 11.6 Å². The lowest BCUT2D eigenvalue weighted by atomic mass is 10.2. The molecule has 2 aromatic rings. The van der Waals surface area contributed by atoms with Gasteiger partial charge in [0.25, 0.3) is 5.88 Å². The molecule has 0 aliphatic carbocycles. The third kappa shape index (κ3) is 1.06. The molecule has 0 atom stereocenters. The molecule has 0 bridgehead atoms. The second-order valence-corrected chi connectivity index (χ2v) is 2.48. The number of nitrogens with one attached hydrogen (secondary N) is 1. The highest BCUT2D eigenvalue weighted by Crippen LogP contribution is 2.35. The van der Waals surface area contributed by atoms with Crippen molar-refractivity contribution in [3.63, 3.8) is 0 Å². The number of para-hydroxylation sites is 1. The maximum absolute atomic E-state index is 10.3. The van der Waals surface area contributed by atoms with E-state index in [1.54, 1.807) is 24.3 Å². The van der Waals surface area contributed by atoms with Crippen LogP contribution in [0.25, 0.3) is 11.0 Å². The van der Waals surface area contributed by atoms with Crippen LogP contribution in [0.3, 0.4) is 0 Å². The normalized spacial score (nSPS) is 10.2. The van der Waals surface area contributed by atoms with Crippen molar-refractivity contribution < 1.29 is 9.62 Å². The van der Waals surface area contributed by atoms with Gasteiger partial charge in [0.1, 0.15) is 11.3 Å². The summed E-state index contributed by atoms with van der Waals surface area (Å²) < 4.78 is 5.04. The fourth-order valence-electron chi connectivity index (χ4n) is 1.20. The Bertz CT molecular complexity index is 450. The fourth-order valence-corrected chi connectivity index (χ4v) is 1.20. The molecule has 0 unspecified atom stereocenters. The molecule has 0 aliphatic heterocycles. The lowest BCUT2D eigenvalue weighted by Gasteiger charge is -1.92. The van der Waals surface area contributed by atoms with Crippen LogP contribution in [0, 0.1) is 4.91 Å². The quantitative estimate of drug-likeness (QED) is 0.547. The Morgan fingerprint density at radius 1 is 1.38 bits per heavy atom. The van der Waals surface area contributed by atoms with E-state index in [0.717, 1.165) is 0 Å². The number of fused-ring (bicyclic) bond motifs is 1. The zero-order chi connectivity index (χ0) is 9.26. The summed E-state index contributed by atoms with van der Waals surface area (Å²) in [6.45, 7) is 0. The van der Waals surface area contributed by atoms with E-state index < -0.39 is 0 Å². The highest BCUT2D eigenvalue weighted by molar-refractivity contribution is 5.95. The first-order valence-electron chi connectivity index (χ1n) is 3.62. The van der Waals surface area contributed by atoms with Gasteiger partial charge in [-0.25, -0.2) is 0 Å². The monoisotopic (exact) mass is 178 g/mol. The second kappa shape index (κ2) is 2.87. The number of furan rings is 1. The maximum Gasteiger partial charge on any atom is 0.287 e. The Hall–Kier alpha value is -1.88. The minimum atomic E-state index is -0.149. The molecule has 0 saturated heterocycles. The van der Waals surface area contributed by atoms with Crippen molar-refractivity contribution >= 4 is 22.5 Å². The van der Waals surface area contributed by atoms with Gasteiger partial charge in [0.05, 0.1) is 0 Å². The van der Waals surface area contributed by atoms with Crippen LogP contribution in [-0.4, -0.2) is 5.21 Å². The van der Waals surface area contributed by atoms with E-state index in [2.05, 4.69) is 5.18 Å². The highest BCUT2D eigenvalue weighted by atomic mass is 16.5. The summed E-state index contributed by atoms with van der Waals surface area (Å²) in [6.07, 6.45) is 0. The summed E-state index contributed by atoms with van der Waals surface area (Å²) in [5.74, 6) is -0.149. The van der Waals surface area contributed by atoms with Gasteiger partial charge in [-0.2, -0.15) is 0 Å². The van der Waals surface area contributed by atoms with Crippen molar-refractivity contribution in [2.45, 2.75) is 0 Å². The van der Waals surface area contributed by atoms with Crippen LogP contribution >= 0.6 is 0 Å². The van der Waals surface area contributed by atoms with Crippen molar-refractivity contribution in [1.29, 1.82) is 0 Å². The molecule has 5 heteroatoms. The first kappa shape index (κ1) is 7.75. The molecule has 1 aromatic heterocycles. The number of nitrogens with zero attached hydrogens (tertiary/aromatic N) is 1. The summed E-state index contributed by atoms with van der Waals surface area (Å²) in [7, 11) is 0. The lowest BCUT2D eigenvalue weighted by molar-refractivity contribution is 0.389. The number of anilines is 1. The zero-order valence-electron chi connectivity index (χ0n) is 6.52. The molecular formula is C8H6N2O3. The molecule has 2 N–H and O–H groups in total. The average Bonchev–Trinajstić information content (AvgIpc) is 2.55. The van der Waals surface area contributed by atoms with Gasteiger partial charge >= 0.3 is 0 Å². The SMILES string of the molecule is O=Nc1oc2ccccc2c1NO. The number of nitroso groups, excluding NO2 is 1. The average molecular weight is 178 g/mol. The predicted molar refractivity (Wildman–Crippen MR) is 47.1 cm³/mol. The van der Waals surface area contributed by atoms with Gasteiger partial charge in [-0.05, 0) is 12.1 Å². The third-order valence-electron chi connectivity index (χ3n) is 1.77. The number of rotatable bonds is 2. The number of hydrogen-bond acceptors (Lipinski definition) is 5. The second-order valence-electron chi connectivity index (χ2n) is 2.48. The molecule has 0 amide bonds. The molecule has 1 heterocycles. The van der Waals surface area contributed by atoms with Gasteiger partial charge in [-0.15, -0.1) is 4.91 Å². The van der Waals surface area contributed by atoms with E-state index in [9.17, 15) is 4.91 Å². The first-order valence-corrected chi connectivity index (χ1v) is 3.62. The van der Waals surface area contributed by atoms with Crippen LogP contribution in [0.4, 0.5) is 11.6 Å². The molecular weight excluding hydrogens is 172 g/mol. The van der Waals surface area contributed by atoms with Crippen molar-refractivity contribution in [3.8, 4) is 0 Å². The topological polar surface area (TPSA) is 74.8 Å². The fraction of sp³-hybridized carbons (Fsp3) is 0. The van der Waals surface area contributed by atoms with Crippen LogP contribution in [0.1, 0.15) is 0 Å². The molecule has 13 heavy (non-hydrogen) atoms. The van der Waals surface area contributed by atoms with Gasteiger partial charge < -0.3 is 4.42 Å². The van der Waals surface area contributed by atoms with Crippen LogP contribution in [-0.2, 0) is 0 Å². The largest absolute Gasteiger partial charge is 0.434 e.